The van der Waals surface area contributed by atoms with Gasteiger partial charge >= 0.3 is 13.3 Å². The molecule has 0 aromatic carbocycles. The van der Waals surface area contributed by atoms with Gasteiger partial charge in [0, 0.05) is 6.08 Å². The fraction of sp³-hybridized carbons (Fsp3) is 0.727. The summed E-state index contributed by atoms with van der Waals surface area (Å²) in [5, 5.41) is 0. The Kier molecular flexibility index (Phi) is 6.88. The highest BCUT2D eigenvalue weighted by atomic mass is 31.2. The summed E-state index contributed by atoms with van der Waals surface area (Å²) >= 11 is 0. The first-order valence-electron chi connectivity index (χ1n) is 5.49. The zero-order chi connectivity index (χ0) is 13.5. The Labute approximate surface area is 101 Å². The van der Waals surface area contributed by atoms with Crippen LogP contribution in [0.15, 0.2) is 17.9 Å². The lowest BCUT2D eigenvalue weighted by molar-refractivity contribution is 0.0795. The molecule has 0 fully saturated rings. The summed E-state index contributed by atoms with van der Waals surface area (Å²) in [6.07, 6.45) is 1.90. The molecule has 0 aliphatic heterocycles. The van der Waals surface area contributed by atoms with Crippen LogP contribution in [-0.4, -0.2) is 18.9 Å². The van der Waals surface area contributed by atoms with Crippen molar-refractivity contribution in [2.75, 3.05) is 13.2 Å². The second-order valence-corrected chi connectivity index (χ2v) is 5.75. The van der Waals surface area contributed by atoms with Crippen molar-refractivity contribution in [2.24, 2.45) is 5.92 Å². The first kappa shape index (κ1) is 16.5. The topological polar surface area (TPSA) is 35.5 Å². The Morgan fingerprint density at radius 2 is 1.76 bits per heavy atom. The van der Waals surface area contributed by atoms with E-state index < -0.39 is 13.3 Å². The zero-order valence-corrected chi connectivity index (χ0v) is 11.5. The van der Waals surface area contributed by atoms with Crippen LogP contribution in [0.5, 0.6) is 0 Å². The molecule has 0 bridgehead atoms. The minimum absolute atomic E-state index is 0.0839. The molecule has 3 nitrogen and oxygen atoms in total. The van der Waals surface area contributed by atoms with E-state index in [9.17, 15) is 13.3 Å². The van der Waals surface area contributed by atoms with Crippen LogP contribution in [0.2, 0.25) is 0 Å². The second kappa shape index (κ2) is 7.07. The van der Waals surface area contributed by atoms with E-state index in [1.807, 2.05) is 13.8 Å². The Bertz CT molecular complexity index is 324. The summed E-state index contributed by atoms with van der Waals surface area (Å²) in [5.41, 5.74) is -1.35. The second-order valence-electron chi connectivity index (χ2n) is 3.64. The molecule has 0 unspecified atom stereocenters. The van der Waals surface area contributed by atoms with Gasteiger partial charge < -0.3 is 9.05 Å². The largest absolute Gasteiger partial charge is 0.404 e. The molecule has 0 aromatic rings. The highest BCUT2D eigenvalue weighted by Gasteiger charge is 2.51. The maximum Gasteiger partial charge on any atom is 0.404 e. The van der Waals surface area contributed by atoms with E-state index in [1.165, 1.54) is 19.9 Å². The molecular weight excluding hydrogens is 249 g/mol. The molecule has 17 heavy (non-hydrogen) atoms. The molecule has 0 heterocycles. The lowest BCUT2D eigenvalue weighted by atomic mass is 10.2. The molecule has 0 aliphatic carbocycles. The van der Waals surface area contributed by atoms with Crippen molar-refractivity contribution >= 4 is 7.60 Å². The fourth-order valence-electron chi connectivity index (χ4n) is 0.969. The predicted molar refractivity (Wildman–Crippen MR) is 63.3 cm³/mol. The molecule has 0 spiro atoms. The molecule has 0 N–H and O–H groups in total. The van der Waals surface area contributed by atoms with Gasteiger partial charge in [0.1, 0.15) is 0 Å². The van der Waals surface area contributed by atoms with Gasteiger partial charge in [-0.1, -0.05) is 13.8 Å². The first-order chi connectivity index (χ1) is 7.79. The molecule has 0 aromatic heterocycles. The monoisotopic (exact) mass is 268 g/mol. The average Bonchev–Trinajstić information content (AvgIpc) is 2.17. The van der Waals surface area contributed by atoms with E-state index in [-0.39, 0.29) is 19.1 Å². The van der Waals surface area contributed by atoms with Crippen LogP contribution in [-0.2, 0) is 13.6 Å². The predicted octanol–water partition coefficient (Wildman–Crippen LogP) is 4.21. The van der Waals surface area contributed by atoms with Gasteiger partial charge in [0.2, 0.25) is 0 Å². The van der Waals surface area contributed by atoms with E-state index >= 15 is 0 Å². The van der Waals surface area contributed by atoms with Gasteiger partial charge in [-0.3, -0.25) is 4.57 Å². The summed E-state index contributed by atoms with van der Waals surface area (Å²) in [6.45, 7) is 6.40. The minimum Gasteiger partial charge on any atom is -0.304 e. The van der Waals surface area contributed by atoms with Crippen LogP contribution < -0.4 is 0 Å². The van der Waals surface area contributed by atoms with Crippen molar-refractivity contribution in [1.82, 2.24) is 0 Å². The Morgan fingerprint density at radius 1 is 1.29 bits per heavy atom. The number of halogens is 2. The van der Waals surface area contributed by atoms with E-state index in [0.29, 0.717) is 6.08 Å². The van der Waals surface area contributed by atoms with Crippen LogP contribution in [0.3, 0.4) is 0 Å². The molecule has 100 valence electrons. The number of hydrogen-bond donors (Lipinski definition) is 0. The molecule has 0 atom stereocenters. The maximum atomic E-state index is 13.6. The Morgan fingerprint density at radius 3 is 2.12 bits per heavy atom. The van der Waals surface area contributed by atoms with Crippen LogP contribution in [0.25, 0.3) is 0 Å². The van der Waals surface area contributed by atoms with Gasteiger partial charge in [-0.2, -0.15) is 8.78 Å². The van der Waals surface area contributed by atoms with E-state index in [0.717, 1.165) is 0 Å². The highest BCUT2D eigenvalue weighted by Crippen LogP contribution is 2.62. The molecule has 0 amide bonds. The maximum absolute atomic E-state index is 13.6. The van der Waals surface area contributed by atoms with Crippen molar-refractivity contribution in [1.29, 1.82) is 0 Å². The van der Waals surface area contributed by atoms with Crippen LogP contribution in [0.4, 0.5) is 8.78 Å². The molecular formula is C11H19F2O3P. The smallest absolute Gasteiger partial charge is 0.304 e. The number of allylic oxidation sites excluding steroid dienone is 1. The summed E-state index contributed by atoms with van der Waals surface area (Å²) in [4.78, 5) is 0. The van der Waals surface area contributed by atoms with Gasteiger partial charge in [0.15, 0.2) is 0 Å². The summed E-state index contributed by atoms with van der Waals surface area (Å²) < 4.78 is 48.3. The third-order valence-corrected chi connectivity index (χ3v) is 3.71. The number of rotatable bonds is 7. The normalized spacial score (nSPS) is 12.4. The van der Waals surface area contributed by atoms with E-state index in [2.05, 4.69) is 14.8 Å². The summed E-state index contributed by atoms with van der Waals surface area (Å²) in [6, 6.07) is 0. The fourth-order valence-corrected chi connectivity index (χ4v) is 2.30. The molecule has 0 rings (SSSR count). The number of hydrogen-bond acceptors (Lipinski definition) is 3. The summed E-state index contributed by atoms with van der Waals surface area (Å²) in [5.74, 6) is 0.0839. The van der Waals surface area contributed by atoms with Crippen molar-refractivity contribution in [3.05, 3.63) is 17.9 Å². The van der Waals surface area contributed by atoms with Gasteiger partial charge in [-0.25, -0.2) is 0 Å². The van der Waals surface area contributed by atoms with Gasteiger partial charge in [0.25, 0.3) is 0 Å². The Hall–Kier alpha value is -0.470. The van der Waals surface area contributed by atoms with Gasteiger partial charge in [-0.05, 0) is 25.8 Å². The Balaban J connectivity index is 5.09. The lowest BCUT2D eigenvalue weighted by Crippen LogP contribution is -2.17. The third kappa shape index (κ3) is 5.13. The number of alkyl halides is 2. The van der Waals surface area contributed by atoms with Crippen molar-refractivity contribution in [3.8, 4) is 0 Å². The van der Waals surface area contributed by atoms with Gasteiger partial charge in [-0.15, -0.1) is 5.73 Å². The van der Waals surface area contributed by atoms with E-state index in [1.54, 1.807) is 0 Å². The van der Waals surface area contributed by atoms with Crippen LogP contribution in [0.1, 0.15) is 27.7 Å². The lowest BCUT2D eigenvalue weighted by Gasteiger charge is -2.22. The van der Waals surface area contributed by atoms with Crippen LogP contribution in [0, 0.1) is 5.92 Å². The SMILES string of the molecule is CCOP(=O)(OCC)C(F)(F)C=C=CC(C)C. The summed E-state index contributed by atoms with van der Waals surface area (Å²) in [7, 11) is -4.45. The van der Waals surface area contributed by atoms with Crippen molar-refractivity contribution in [2.45, 2.75) is 33.4 Å². The van der Waals surface area contributed by atoms with Crippen molar-refractivity contribution < 1.29 is 22.4 Å². The molecule has 0 radical (unpaired) electrons. The first-order valence-corrected chi connectivity index (χ1v) is 7.04. The van der Waals surface area contributed by atoms with Crippen molar-refractivity contribution in [3.63, 3.8) is 0 Å². The van der Waals surface area contributed by atoms with E-state index in [4.69, 9.17) is 0 Å². The highest BCUT2D eigenvalue weighted by molar-refractivity contribution is 7.55. The molecule has 0 saturated heterocycles. The molecule has 6 heteroatoms. The average molecular weight is 268 g/mol. The quantitative estimate of drug-likeness (QED) is 0.512. The molecule has 0 aliphatic rings. The van der Waals surface area contributed by atoms with Gasteiger partial charge in [0.05, 0.1) is 13.2 Å². The molecule has 0 saturated carbocycles. The zero-order valence-electron chi connectivity index (χ0n) is 10.6. The third-order valence-electron chi connectivity index (χ3n) is 1.65. The minimum atomic E-state index is -4.45. The standard InChI is InChI=1S/C11H19F2O3P/c1-5-15-17(14,16-6-2)11(12,13)9-7-8-10(3)4/h8-10H,5-6H2,1-4H3. The van der Waals surface area contributed by atoms with Crippen LogP contribution >= 0.6 is 7.60 Å².